The molecular formula is C18H36N2O3S2. The van der Waals surface area contributed by atoms with Gasteiger partial charge in [0.2, 0.25) is 0 Å². The molecule has 0 aliphatic rings. The molecule has 0 heterocycles. The molecule has 0 spiro atoms. The number of thioether (sulfide) groups is 2. The second kappa shape index (κ2) is 18.4. The molecule has 1 unspecified atom stereocenters. The van der Waals surface area contributed by atoms with Crippen molar-refractivity contribution in [1.29, 1.82) is 0 Å². The van der Waals surface area contributed by atoms with E-state index in [4.69, 9.17) is 11.5 Å². The summed E-state index contributed by atoms with van der Waals surface area (Å²) < 4.78 is 0. The number of amides is 2. The summed E-state index contributed by atoms with van der Waals surface area (Å²) in [6.07, 6.45) is 14.1. The van der Waals surface area contributed by atoms with Crippen LogP contribution in [0.2, 0.25) is 0 Å². The number of carbonyl (C=O) groups is 2. The van der Waals surface area contributed by atoms with E-state index in [0.29, 0.717) is 0 Å². The van der Waals surface area contributed by atoms with E-state index in [2.05, 4.69) is 0 Å². The first-order valence-corrected chi connectivity index (χ1v) is 11.5. The summed E-state index contributed by atoms with van der Waals surface area (Å²) in [5.74, 6) is 1.65. The van der Waals surface area contributed by atoms with Crippen LogP contribution in [0.1, 0.15) is 83.5 Å². The van der Waals surface area contributed by atoms with Gasteiger partial charge < -0.3 is 16.6 Å². The van der Waals surface area contributed by atoms with Crippen LogP contribution in [-0.2, 0) is 0 Å². The van der Waals surface area contributed by atoms with Crippen LogP contribution >= 0.6 is 23.5 Å². The van der Waals surface area contributed by atoms with Crippen molar-refractivity contribution in [2.24, 2.45) is 11.5 Å². The van der Waals surface area contributed by atoms with Gasteiger partial charge >= 0.3 is 0 Å². The third-order valence-corrected chi connectivity index (χ3v) is 5.66. The maximum Gasteiger partial charge on any atom is 0.276 e. The molecule has 7 heteroatoms. The van der Waals surface area contributed by atoms with E-state index in [0.717, 1.165) is 69.3 Å². The van der Waals surface area contributed by atoms with Gasteiger partial charge in [-0.1, -0.05) is 81.3 Å². The first-order chi connectivity index (χ1) is 12.0. The number of hydrogen-bond donors (Lipinski definition) is 3. The summed E-state index contributed by atoms with van der Waals surface area (Å²) in [7, 11) is 0. The molecule has 0 fully saturated rings. The molecule has 0 saturated heterocycles. The lowest BCUT2D eigenvalue weighted by atomic mass is 10.0. The number of aliphatic hydroxyl groups is 1. The molecule has 5 nitrogen and oxygen atoms in total. The molecule has 0 rings (SSSR count). The summed E-state index contributed by atoms with van der Waals surface area (Å²) in [4.78, 5) is 21.1. The Labute approximate surface area is 161 Å². The average Bonchev–Trinajstić information content (AvgIpc) is 2.55. The van der Waals surface area contributed by atoms with E-state index in [1.807, 2.05) is 0 Å². The van der Waals surface area contributed by atoms with Crippen molar-refractivity contribution in [3.8, 4) is 0 Å². The Morgan fingerprint density at radius 2 is 0.960 bits per heavy atom. The lowest BCUT2D eigenvalue weighted by Crippen LogP contribution is -2.06. The Balaban J connectivity index is 3.19. The van der Waals surface area contributed by atoms with Gasteiger partial charge in [0, 0.05) is 11.5 Å². The van der Waals surface area contributed by atoms with Crippen molar-refractivity contribution in [1.82, 2.24) is 0 Å². The van der Waals surface area contributed by atoms with Gasteiger partial charge in [-0.25, -0.2) is 0 Å². The fourth-order valence-corrected chi connectivity index (χ4v) is 3.79. The molecule has 0 aliphatic heterocycles. The Hall–Kier alpha value is -0.400. The SMILES string of the molecule is NC(=O)SCCCCCCCCC(O)CCCCCCCSC(N)=O. The zero-order valence-corrected chi connectivity index (χ0v) is 17.1. The number of primary amides is 2. The maximum absolute atomic E-state index is 10.6. The lowest BCUT2D eigenvalue weighted by molar-refractivity contribution is 0.147. The molecule has 0 aromatic carbocycles. The summed E-state index contributed by atoms with van der Waals surface area (Å²) in [5.41, 5.74) is 10.1. The van der Waals surface area contributed by atoms with E-state index in [1.54, 1.807) is 0 Å². The summed E-state index contributed by atoms with van der Waals surface area (Å²) in [6, 6.07) is 0. The fraction of sp³-hybridized carbons (Fsp3) is 0.889. The van der Waals surface area contributed by atoms with Crippen molar-refractivity contribution in [3.63, 3.8) is 0 Å². The molecule has 0 saturated carbocycles. The van der Waals surface area contributed by atoms with Gasteiger partial charge in [-0.3, -0.25) is 9.59 Å². The van der Waals surface area contributed by atoms with Crippen LogP contribution in [0, 0.1) is 0 Å². The van der Waals surface area contributed by atoms with Gasteiger partial charge in [0.1, 0.15) is 0 Å². The third-order valence-electron chi connectivity index (χ3n) is 4.10. The Kier molecular flexibility index (Phi) is 18.1. The second-order valence-corrected chi connectivity index (χ2v) is 8.65. The molecule has 5 N–H and O–H groups in total. The first-order valence-electron chi connectivity index (χ1n) is 9.55. The standard InChI is InChI=1S/C18H36N2O3S2/c19-17(22)24-14-10-6-2-1-4-8-12-16(21)13-9-5-3-7-11-15-25-18(20)23/h16,21H,1-15H2,(H2,19,22)(H2,20,23). The van der Waals surface area contributed by atoms with Crippen molar-refractivity contribution in [2.75, 3.05) is 11.5 Å². The predicted octanol–water partition coefficient (Wildman–Crippen LogP) is 5.04. The van der Waals surface area contributed by atoms with Crippen molar-refractivity contribution < 1.29 is 14.7 Å². The van der Waals surface area contributed by atoms with Crippen LogP contribution in [-0.4, -0.2) is 33.2 Å². The van der Waals surface area contributed by atoms with Crippen LogP contribution in [0.25, 0.3) is 0 Å². The zero-order chi connectivity index (χ0) is 18.8. The smallest absolute Gasteiger partial charge is 0.276 e. The average molecular weight is 393 g/mol. The Morgan fingerprint density at radius 3 is 1.32 bits per heavy atom. The number of rotatable bonds is 17. The van der Waals surface area contributed by atoms with Crippen molar-refractivity contribution in [3.05, 3.63) is 0 Å². The van der Waals surface area contributed by atoms with Crippen molar-refractivity contribution >= 4 is 34.0 Å². The highest BCUT2D eigenvalue weighted by Crippen LogP contribution is 2.15. The molecular weight excluding hydrogens is 356 g/mol. The number of hydrogen-bond acceptors (Lipinski definition) is 5. The van der Waals surface area contributed by atoms with Gasteiger partial charge in [0.15, 0.2) is 0 Å². The van der Waals surface area contributed by atoms with E-state index >= 15 is 0 Å². The summed E-state index contributed by atoms with van der Waals surface area (Å²) in [6.45, 7) is 0. The van der Waals surface area contributed by atoms with Crippen LogP contribution in [0.4, 0.5) is 9.59 Å². The molecule has 0 aliphatic carbocycles. The van der Waals surface area contributed by atoms with Crippen LogP contribution in [0.5, 0.6) is 0 Å². The monoisotopic (exact) mass is 392 g/mol. The molecule has 0 aromatic rings. The van der Waals surface area contributed by atoms with E-state index < -0.39 is 0 Å². The zero-order valence-electron chi connectivity index (χ0n) is 15.4. The number of nitrogens with two attached hydrogens (primary N) is 2. The quantitative estimate of drug-likeness (QED) is 0.301. The summed E-state index contributed by atoms with van der Waals surface area (Å²) in [5, 5.41) is 9.41. The highest BCUT2D eigenvalue weighted by Gasteiger charge is 2.04. The van der Waals surface area contributed by atoms with Gasteiger partial charge in [-0.05, 0) is 25.7 Å². The number of carbonyl (C=O) groups excluding carboxylic acids is 2. The number of unbranched alkanes of at least 4 members (excludes halogenated alkanes) is 9. The van der Waals surface area contributed by atoms with Gasteiger partial charge in [-0.2, -0.15) is 0 Å². The maximum atomic E-state index is 10.6. The highest BCUT2D eigenvalue weighted by atomic mass is 32.2. The second-order valence-electron chi connectivity index (χ2n) is 6.46. The fourth-order valence-electron chi connectivity index (χ4n) is 2.69. The first kappa shape index (κ1) is 24.6. The molecule has 0 bridgehead atoms. The van der Waals surface area contributed by atoms with Crippen LogP contribution in [0.3, 0.4) is 0 Å². The van der Waals surface area contributed by atoms with Gasteiger partial charge in [-0.15, -0.1) is 0 Å². The Morgan fingerprint density at radius 1 is 0.640 bits per heavy atom. The highest BCUT2D eigenvalue weighted by molar-refractivity contribution is 8.13. The van der Waals surface area contributed by atoms with E-state index in [9.17, 15) is 14.7 Å². The third kappa shape index (κ3) is 21.6. The molecule has 148 valence electrons. The minimum Gasteiger partial charge on any atom is -0.393 e. The number of aliphatic hydroxyl groups excluding tert-OH is 1. The van der Waals surface area contributed by atoms with E-state index in [1.165, 1.54) is 49.2 Å². The van der Waals surface area contributed by atoms with Crippen molar-refractivity contribution in [2.45, 2.75) is 89.6 Å². The minimum atomic E-state index is -0.287. The van der Waals surface area contributed by atoms with Crippen LogP contribution < -0.4 is 11.5 Å². The molecule has 0 aromatic heterocycles. The minimum absolute atomic E-state index is 0.155. The summed E-state index contributed by atoms with van der Waals surface area (Å²) >= 11 is 2.40. The molecule has 1 atom stereocenters. The molecule has 0 radical (unpaired) electrons. The predicted molar refractivity (Wildman–Crippen MR) is 110 cm³/mol. The normalized spacial score (nSPS) is 12.2. The molecule has 2 amide bonds. The Bertz CT molecular complexity index is 344. The lowest BCUT2D eigenvalue weighted by Gasteiger charge is -2.10. The topological polar surface area (TPSA) is 106 Å². The largest absolute Gasteiger partial charge is 0.393 e. The van der Waals surface area contributed by atoms with Gasteiger partial charge in [0.25, 0.3) is 10.5 Å². The van der Waals surface area contributed by atoms with E-state index in [-0.39, 0.29) is 16.6 Å². The molecule has 25 heavy (non-hydrogen) atoms. The van der Waals surface area contributed by atoms with Crippen LogP contribution in [0.15, 0.2) is 0 Å². The van der Waals surface area contributed by atoms with Gasteiger partial charge in [0.05, 0.1) is 6.10 Å².